The number of hydrogen-bond donors (Lipinski definition) is 1. The van der Waals surface area contributed by atoms with E-state index in [1.807, 2.05) is 0 Å². The highest BCUT2D eigenvalue weighted by Gasteiger charge is 2.43. The number of cyclic esters (lactones) is 1. The molecule has 106 valence electrons. The zero-order valence-corrected chi connectivity index (χ0v) is 11.1. The van der Waals surface area contributed by atoms with Crippen LogP contribution in [0.5, 0.6) is 0 Å². The zero-order chi connectivity index (χ0) is 14.7. The summed E-state index contributed by atoms with van der Waals surface area (Å²) in [6.45, 7) is -0.243. The van der Waals surface area contributed by atoms with Crippen molar-refractivity contribution >= 4 is 35.5 Å². The van der Waals surface area contributed by atoms with Gasteiger partial charge in [-0.3, -0.25) is 5.32 Å². The first-order chi connectivity index (χ1) is 9.52. The predicted molar refractivity (Wildman–Crippen MR) is 67.3 cm³/mol. The fraction of sp³-hybridized carbons (Fsp3) is 0.273. The minimum Gasteiger partial charge on any atom is -0.467 e. The Bertz CT molecular complexity index is 547. The second-order valence-electron chi connectivity index (χ2n) is 3.78. The lowest BCUT2D eigenvalue weighted by Gasteiger charge is -2.17. The van der Waals surface area contributed by atoms with E-state index in [4.69, 9.17) is 11.6 Å². The van der Waals surface area contributed by atoms with Gasteiger partial charge in [-0.25, -0.2) is 24.3 Å². The SMILES string of the molecule is COC(=O)C1COC(=O)N1C(=O)Nc1ccc(Cl)cn1. The summed E-state index contributed by atoms with van der Waals surface area (Å²) in [5, 5.41) is 2.76. The summed E-state index contributed by atoms with van der Waals surface area (Å²) in [5.41, 5.74) is 0. The van der Waals surface area contributed by atoms with Crippen LogP contribution < -0.4 is 5.32 Å². The van der Waals surface area contributed by atoms with E-state index < -0.39 is 24.1 Å². The topological polar surface area (TPSA) is 97.8 Å². The lowest BCUT2D eigenvalue weighted by molar-refractivity contribution is -0.144. The van der Waals surface area contributed by atoms with Gasteiger partial charge in [0.05, 0.1) is 12.1 Å². The number of halogens is 1. The van der Waals surface area contributed by atoms with Crippen LogP contribution in [0.15, 0.2) is 18.3 Å². The second kappa shape index (κ2) is 5.74. The van der Waals surface area contributed by atoms with Gasteiger partial charge in [0.15, 0.2) is 6.04 Å². The van der Waals surface area contributed by atoms with Gasteiger partial charge in [-0.1, -0.05) is 11.6 Å². The number of nitrogens with one attached hydrogen (secondary N) is 1. The summed E-state index contributed by atoms with van der Waals surface area (Å²) < 4.78 is 9.17. The summed E-state index contributed by atoms with van der Waals surface area (Å²) in [7, 11) is 1.15. The van der Waals surface area contributed by atoms with Gasteiger partial charge in [-0.05, 0) is 12.1 Å². The summed E-state index contributed by atoms with van der Waals surface area (Å²) in [5.74, 6) is -0.558. The molecule has 1 fully saturated rings. The quantitative estimate of drug-likeness (QED) is 0.826. The number of imide groups is 1. The van der Waals surface area contributed by atoms with Crippen LogP contribution in [0.4, 0.5) is 15.4 Å². The number of carbonyl (C=O) groups excluding carboxylic acids is 3. The van der Waals surface area contributed by atoms with Crippen molar-refractivity contribution in [3.63, 3.8) is 0 Å². The molecule has 1 aliphatic heterocycles. The molecule has 9 heteroatoms. The van der Waals surface area contributed by atoms with Crippen LogP contribution in [0, 0.1) is 0 Å². The maximum Gasteiger partial charge on any atom is 0.419 e. The van der Waals surface area contributed by atoms with Gasteiger partial charge in [-0.15, -0.1) is 0 Å². The molecule has 3 amide bonds. The largest absolute Gasteiger partial charge is 0.467 e. The summed E-state index contributed by atoms with van der Waals surface area (Å²) in [6.07, 6.45) is 0.406. The Labute approximate surface area is 118 Å². The van der Waals surface area contributed by atoms with Gasteiger partial charge >= 0.3 is 18.1 Å². The van der Waals surface area contributed by atoms with Crippen LogP contribution >= 0.6 is 11.6 Å². The number of ether oxygens (including phenoxy) is 2. The number of carbonyl (C=O) groups is 3. The molecule has 2 heterocycles. The van der Waals surface area contributed by atoms with E-state index in [0.717, 1.165) is 7.11 Å². The van der Waals surface area contributed by atoms with E-state index in [2.05, 4.69) is 19.8 Å². The highest BCUT2D eigenvalue weighted by Crippen LogP contribution is 2.16. The van der Waals surface area contributed by atoms with Gasteiger partial charge in [-0.2, -0.15) is 0 Å². The number of rotatable bonds is 2. The van der Waals surface area contributed by atoms with Gasteiger partial charge in [0, 0.05) is 6.20 Å². The molecule has 1 atom stereocenters. The van der Waals surface area contributed by atoms with Crippen molar-refractivity contribution in [3.05, 3.63) is 23.4 Å². The molecule has 0 spiro atoms. The van der Waals surface area contributed by atoms with Crippen molar-refractivity contribution in [2.24, 2.45) is 0 Å². The van der Waals surface area contributed by atoms with Gasteiger partial charge in [0.2, 0.25) is 0 Å². The molecular formula is C11H10ClN3O5. The lowest BCUT2D eigenvalue weighted by Crippen LogP contribution is -2.46. The van der Waals surface area contributed by atoms with Crippen molar-refractivity contribution in [1.29, 1.82) is 0 Å². The van der Waals surface area contributed by atoms with Crippen molar-refractivity contribution in [1.82, 2.24) is 9.88 Å². The molecule has 0 bridgehead atoms. The van der Waals surface area contributed by atoms with E-state index in [1.165, 1.54) is 18.3 Å². The third-order valence-electron chi connectivity index (χ3n) is 2.53. The second-order valence-corrected chi connectivity index (χ2v) is 4.21. The molecular weight excluding hydrogens is 290 g/mol. The molecule has 0 radical (unpaired) electrons. The first kappa shape index (κ1) is 14.1. The number of amides is 3. The number of urea groups is 1. The third kappa shape index (κ3) is 2.80. The molecule has 0 aliphatic carbocycles. The van der Waals surface area contributed by atoms with Crippen molar-refractivity contribution in [3.8, 4) is 0 Å². The summed E-state index contributed by atoms with van der Waals surface area (Å²) in [4.78, 5) is 39.4. The maximum atomic E-state index is 12.0. The zero-order valence-electron chi connectivity index (χ0n) is 10.3. The Morgan fingerprint density at radius 3 is 2.90 bits per heavy atom. The van der Waals surface area contributed by atoms with Gasteiger partial charge in [0.1, 0.15) is 12.4 Å². The molecule has 1 aromatic heterocycles. The smallest absolute Gasteiger partial charge is 0.419 e. The molecule has 20 heavy (non-hydrogen) atoms. The molecule has 0 saturated carbocycles. The van der Waals surface area contributed by atoms with Crippen LogP contribution in [-0.4, -0.2) is 47.7 Å². The molecule has 1 aromatic rings. The lowest BCUT2D eigenvalue weighted by atomic mass is 10.3. The van der Waals surface area contributed by atoms with Crippen molar-refractivity contribution in [2.75, 3.05) is 19.0 Å². The number of aromatic nitrogens is 1. The molecule has 8 nitrogen and oxygen atoms in total. The van der Waals surface area contributed by atoms with Crippen molar-refractivity contribution in [2.45, 2.75) is 6.04 Å². The maximum absolute atomic E-state index is 12.0. The Morgan fingerprint density at radius 1 is 1.55 bits per heavy atom. The number of hydrogen-bond acceptors (Lipinski definition) is 6. The van der Waals surface area contributed by atoms with E-state index in [9.17, 15) is 14.4 Å². The third-order valence-corrected chi connectivity index (χ3v) is 2.75. The minimum absolute atomic E-state index is 0.183. The summed E-state index contributed by atoms with van der Waals surface area (Å²) >= 11 is 5.66. The summed E-state index contributed by atoms with van der Waals surface area (Å²) in [6, 6.07) is 1.02. The number of methoxy groups -OCH3 is 1. The number of nitrogens with zero attached hydrogens (tertiary/aromatic N) is 2. The van der Waals surface area contributed by atoms with Crippen LogP contribution in [0.1, 0.15) is 0 Å². The number of esters is 1. The fourth-order valence-corrected chi connectivity index (χ4v) is 1.69. The number of pyridine rings is 1. The Morgan fingerprint density at radius 2 is 2.30 bits per heavy atom. The fourth-order valence-electron chi connectivity index (χ4n) is 1.58. The average molecular weight is 300 g/mol. The molecule has 1 N–H and O–H groups in total. The van der Waals surface area contributed by atoms with E-state index in [0.29, 0.717) is 9.92 Å². The molecule has 1 saturated heterocycles. The first-order valence-corrected chi connectivity index (χ1v) is 5.87. The van der Waals surface area contributed by atoms with Crippen LogP contribution in [0.25, 0.3) is 0 Å². The number of anilines is 1. The Hall–Kier alpha value is -2.35. The van der Waals surface area contributed by atoms with E-state index in [1.54, 1.807) is 0 Å². The van der Waals surface area contributed by atoms with Gasteiger partial charge in [0.25, 0.3) is 0 Å². The highest BCUT2D eigenvalue weighted by molar-refractivity contribution is 6.30. The monoisotopic (exact) mass is 299 g/mol. The molecule has 1 unspecified atom stereocenters. The minimum atomic E-state index is -1.11. The van der Waals surface area contributed by atoms with Crippen LogP contribution in [-0.2, 0) is 14.3 Å². The predicted octanol–water partition coefficient (Wildman–Crippen LogP) is 1.26. The van der Waals surface area contributed by atoms with Crippen LogP contribution in [0.3, 0.4) is 0 Å². The Balaban J connectivity index is 2.12. The first-order valence-electron chi connectivity index (χ1n) is 5.49. The molecule has 2 rings (SSSR count). The molecule has 1 aliphatic rings. The highest BCUT2D eigenvalue weighted by atomic mass is 35.5. The average Bonchev–Trinajstić information content (AvgIpc) is 2.82. The van der Waals surface area contributed by atoms with E-state index >= 15 is 0 Å². The van der Waals surface area contributed by atoms with Crippen LogP contribution in [0.2, 0.25) is 5.02 Å². The standard InChI is InChI=1S/C11H10ClN3O5/c1-19-9(16)7-5-20-11(18)15(7)10(17)14-8-3-2-6(12)4-13-8/h2-4,7H,5H2,1H3,(H,13,14,17). The van der Waals surface area contributed by atoms with E-state index in [-0.39, 0.29) is 12.4 Å². The van der Waals surface area contributed by atoms with Crippen molar-refractivity contribution < 1.29 is 23.9 Å². The van der Waals surface area contributed by atoms with Gasteiger partial charge < -0.3 is 9.47 Å². The molecule has 0 aromatic carbocycles. The normalized spacial score (nSPS) is 17.6. The Kier molecular flexibility index (Phi) is 4.04.